The van der Waals surface area contributed by atoms with Gasteiger partial charge in [-0.25, -0.2) is 0 Å². The lowest BCUT2D eigenvalue weighted by Gasteiger charge is -2.24. The van der Waals surface area contributed by atoms with Gasteiger partial charge < -0.3 is 9.84 Å². The maximum atomic E-state index is 10.2. The second-order valence-corrected chi connectivity index (χ2v) is 9.15. The second kappa shape index (κ2) is 10.2. The molecule has 0 fully saturated rings. The van der Waals surface area contributed by atoms with E-state index in [1.807, 2.05) is 36.4 Å². The molecule has 0 bridgehead atoms. The SMILES string of the molecule is COc1ccc(O)c(C=Nc2cccc(C3=NN(c4ccccc4)C(c4ccc(Br)cc4)C3)c2)c1. The number of nitrogens with zero attached hydrogens (tertiary/aromatic N) is 3. The minimum Gasteiger partial charge on any atom is -0.507 e. The van der Waals surface area contributed by atoms with Crippen molar-refractivity contribution in [1.29, 1.82) is 0 Å². The Morgan fingerprint density at radius 3 is 2.54 bits per heavy atom. The van der Waals surface area contributed by atoms with Crippen LogP contribution in [0, 0.1) is 0 Å². The average Bonchev–Trinajstić information content (AvgIpc) is 3.35. The van der Waals surface area contributed by atoms with Gasteiger partial charge in [0.1, 0.15) is 11.5 Å². The van der Waals surface area contributed by atoms with Gasteiger partial charge in [0.05, 0.1) is 30.2 Å². The van der Waals surface area contributed by atoms with Gasteiger partial charge in [0.2, 0.25) is 0 Å². The molecule has 1 aliphatic rings. The van der Waals surface area contributed by atoms with Gasteiger partial charge in [-0.15, -0.1) is 0 Å². The Labute approximate surface area is 213 Å². The molecule has 5 nitrogen and oxygen atoms in total. The van der Waals surface area contributed by atoms with Crippen molar-refractivity contribution in [3.05, 3.63) is 118 Å². The van der Waals surface area contributed by atoms with Crippen molar-refractivity contribution < 1.29 is 9.84 Å². The van der Waals surface area contributed by atoms with Crippen molar-refractivity contribution in [3.63, 3.8) is 0 Å². The van der Waals surface area contributed by atoms with Gasteiger partial charge in [0, 0.05) is 22.7 Å². The summed E-state index contributed by atoms with van der Waals surface area (Å²) in [6, 6.07) is 31.9. The van der Waals surface area contributed by atoms with E-state index in [0.29, 0.717) is 11.3 Å². The molecule has 0 aliphatic carbocycles. The average molecular weight is 526 g/mol. The summed E-state index contributed by atoms with van der Waals surface area (Å²) in [5.74, 6) is 0.819. The van der Waals surface area contributed by atoms with Crippen LogP contribution in [0.4, 0.5) is 11.4 Å². The van der Waals surface area contributed by atoms with E-state index in [2.05, 4.69) is 68.4 Å². The molecule has 4 aromatic rings. The summed E-state index contributed by atoms with van der Waals surface area (Å²) in [5.41, 5.74) is 5.67. The lowest BCUT2D eigenvalue weighted by Crippen LogP contribution is -2.18. The molecule has 35 heavy (non-hydrogen) atoms. The number of ether oxygens (including phenoxy) is 1. The van der Waals surface area contributed by atoms with Crippen LogP contribution in [-0.2, 0) is 0 Å². The fraction of sp³-hybridized carbons (Fsp3) is 0.103. The standard InChI is InChI=1S/C29H24BrN3O2/c1-35-26-14-15-29(34)22(17-26)19-31-24-7-5-6-21(16-24)27-18-28(20-10-12-23(30)13-11-20)33(32-27)25-8-3-2-4-9-25/h2-17,19,28,34H,18H2,1H3. The number of hydrazone groups is 1. The number of aromatic hydroxyl groups is 1. The Balaban J connectivity index is 1.45. The van der Waals surface area contributed by atoms with Gasteiger partial charge in [-0.2, -0.15) is 5.10 Å². The molecular weight excluding hydrogens is 502 g/mol. The molecule has 1 unspecified atom stereocenters. The predicted molar refractivity (Wildman–Crippen MR) is 145 cm³/mol. The normalized spacial score (nSPS) is 15.4. The first-order valence-electron chi connectivity index (χ1n) is 11.3. The molecule has 0 saturated heterocycles. The highest BCUT2D eigenvalue weighted by Crippen LogP contribution is 2.37. The Morgan fingerprint density at radius 2 is 1.77 bits per heavy atom. The quantitative estimate of drug-likeness (QED) is 0.269. The number of anilines is 1. The van der Waals surface area contributed by atoms with Crippen LogP contribution < -0.4 is 9.75 Å². The summed E-state index contributed by atoms with van der Waals surface area (Å²) in [6.45, 7) is 0. The van der Waals surface area contributed by atoms with Crippen LogP contribution >= 0.6 is 15.9 Å². The Bertz CT molecular complexity index is 1380. The van der Waals surface area contributed by atoms with Crippen molar-refractivity contribution in [1.82, 2.24) is 0 Å². The first-order chi connectivity index (χ1) is 17.1. The number of phenolic OH excluding ortho intramolecular Hbond substituents is 1. The first-order valence-corrected chi connectivity index (χ1v) is 12.1. The minimum absolute atomic E-state index is 0.0985. The molecular formula is C29H24BrN3O2. The second-order valence-electron chi connectivity index (χ2n) is 8.23. The van der Waals surface area contributed by atoms with Crippen LogP contribution in [0.3, 0.4) is 0 Å². The van der Waals surface area contributed by atoms with E-state index in [1.54, 1.807) is 31.5 Å². The Hall–Kier alpha value is -3.90. The lowest BCUT2D eigenvalue weighted by molar-refractivity contribution is 0.412. The number of aliphatic imine (C=N–C) groups is 1. The van der Waals surface area contributed by atoms with Gasteiger partial charge in [-0.05, 0) is 65.7 Å². The van der Waals surface area contributed by atoms with Crippen molar-refractivity contribution in [2.24, 2.45) is 10.1 Å². The summed E-state index contributed by atoms with van der Waals surface area (Å²) >= 11 is 3.54. The summed E-state index contributed by atoms with van der Waals surface area (Å²) in [6.07, 6.45) is 2.43. The molecule has 1 atom stereocenters. The van der Waals surface area contributed by atoms with Gasteiger partial charge in [-0.3, -0.25) is 10.0 Å². The highest BCUT2D eigenvalue weighted by Gasteiger charge is 2.29. The third kappa shape index (κ3) is 5.12. The Kier molecular flexibility index (Phi) is 6.64. The van der Waals surface area contributed by atoms with Crippen LogP contribution in [0.5, 0.6) is 11.5 Å². The molecule has 1 N–H and O–H groups in total. The monoisotopic (exact) mass is 525 g/mol. The van der Waals surface area contributed by atoms with Crippen molar-refractivity contribution in [3.8, 4) is 11.5 Å². The largest absolute Gasteiger partial charge is 0.507 e. The van der Waals surface area contributed by atoms with Gasteiger partial charge >= 0.3 is 0 Å². The molecule has 1 aliphatic heterocycles. The van der Waals surface area contributed by atoms with Crippen molar-refractivity contribution >= 4 is 39.2 Å². The van der Waals surface area contributed by atoms with Crippen molar-refractivity contribution in [2.75, 3.05) is 12.1 Å². The maximum absolute atomic E-state index is 10.2. The van der Waals surface area contributed by atoms with Crippen molar-refractivity contribution in [2.45, 2.75) is 12.5 Å². The summed E-state index contributed by atoms with van der Waals surface area (Å²) in [4.78, 5) is 4.59. The summed E-state index contributed by atoms with van der Waals surface area (Å²) in [7, 11) is 1.60. The van der Waals surface area contributed by atoms with Gasteiger partial charge in [-0.1, -0.05) is 58.4 Å². The topological polar surface area (TPSA) is 57.4 Å². The van der Waals surface area contributed by atoms with Crippen LogP contribution in [0.2, 0.25) is 0 Å². The number of hydrogen-bond acceptors (Lipinski definition) is 5. The fourth-order valence-corrected chi connectivity index (χ4v) is 4.39. The van der Waals surface area contributed by atoms with Crippen LogP contribution in [0.1, 0.15) is 29.2 Å². The number of rotatable bonds is 6. The fourth-order valence-electron chi connectivity index (χ4n) is 4.12. The zero-order valence-corrected chi connectivity index (χ0v) is 20.8. The minimum atomic E-state index is 0.0985. The molecule has 4 aromatic carbocycles. The van der Waals surface area contributed by atoms with E-state index in [4.69, 9.17) is 9.84 Å². The number of methoxy groups -OCH3 is 1. The molecule has 0 radical (unpaired) electrons. The maximum Gasteiger partial charge on any atom is 0.124 e. The van der Waals surface area contributed by atoms with Gasteiger partial charge in [0.25, 0.3) is 0 Å². The lowest BCUT2D eigenvalue weighted by atomic mass is 9.98. The van der Waals surface area contributed by atoms with E-state index in [1.165, 1.54) is 5.56 Å². The van der Waals surface area contributed by atoms with E-state index in [9.17, 15) is 5.11 Å². The first kappa shape index (κ1) is 22.9. The van der Waals surface area contributed by atoms with E-state index in [0.717, 1.165) is 33.5 Å². The molecule has 0 saturated carbocycles. The zero-order valence-electron chi connectivity index (χ0n) is 19.2. The number of hydrogen-bond donors (Lipinski definition) is 1. The van der Waals surface area contributed by atoms with Crippen LogP contribution in [-0.4, -0.2) is 24.1 Å². The third-order valence-corrected chi connectivity index (χ3v) is 6.48. The number of phenols is 1. The number of halogens is 1. The number of para-hydroxylation sites is 1. The molecule has 0 amide bonds. The van der Waals surface area contributed by atoms with Crippen LogP contribution in [0.15, 0.2) is 112 Å². The zero-order chi connectivity index (χ0) is 24.2. The van der Waals surface area contributed by atoms with E-state index >= 15 is 0 Å². The van der Waals surface area contributed by atoms with Gasteiger partial charge in [0.15, 0.2) is 0 Å². The van der Waals surface area contributed by atoms with Crippen LogP contribution in [0.25, 0.3) is 0 Å². The molecule has 1 heterocycles. The Morgan fingerprint density at radius 1 is 0.971 bits per heavy atom. The molecule has 5 rings (SSSR count). The molecule has 0 aromatic heterocycles. The van der Waals surface area contributed by atoms with E-state index < -0.39 is 0 Å². The third-order valence-electron chi connectivity index (χ3n) is 5.95. The number of benzene rings is 4. The smallest absolute Gasteiger partial charge is 0.124 e. The molecule has 174 valence electrons. The highest BCUT2D eigenvalue weighted by molar-refractivity contribution is 9.10. The predicted octanol–water partition coefficient (Wildman–Crippen LogP) is 7.27. The molecule has 0 spiro atoms. The van der Waals surface area contributed by atoms with E-state index in [-0.39, 0.29) is 11.8 Å². The molecule has 6 heteroatoms. The summed E-state index contributed by atoms with van der Waals surface area (Å²) < 4.78 is 6.31. The summed E-state index contributed by atoms with van der Waals surface area (Å²) in [5, 5.41) is 17.3. The highest BCUT2D eigenvalue weighted by atomic mass is 79.9.